The summed E-state index contributed by atoms with van der Waals surface area (Å²) in [6.07, 6.45) is 4.43. The van der Waals surface area contributed by atoms with Crippen LogP contribution in [0.25, 0.3) is 34.2 Å². The molecule has 1 N–H and O–H groups in total. The molecule has 3 heterocycles. The molecule has 0 aliphatic heterocycles. The van der Waals surface area contributed by atoms with Crippen LogP contribution in [0.5, 0.6) is 0 Å². The molecule has 5 rings (SSSR count). The zero-order valence-corrected chi connectivity index (χ0v) is 15.1. The third-order valence-electron chi connectivity index (χ3n) is 4.72. The van der Waals surface area contributed by atoms with E-state index in [1.807, 2.05) is 31.2 Å². The van der Waals surface area contributed by atoms with Crippen LogP contribution in [0, 0.1) is 6.92 Å². The second kappa shape index (κ2) is 6.17. The molecule has 0 amide bonds. The largest absolute Gasteiger partial charge is 0.332 e. The van der Waals surface area contributed by atoms with Gasteiger partial charge in [-0.2, -0.15) is 10.1 Å². The highest BCUT2D eigenvalue weighted by atomic mass is 32.1. The van der Waals surface area contributed by atoms with Gasteiger partial charge in [0.2, 0.25) is 5.82 Å². The molecule has 7 heteroatoms. The lowest BCUT2D eigenvalue weighted by Crippen LogP contribution is -2.01. The van der Waals surface area contributed by atoms with Gasteiger partial charge in [0.25, 0.3) is 5.89 Å². The van der Waals surface area contributed by atoms with Crippen molar-refractivity contribution in [1.29, 1.82) is 0 Å². The Balaban J connectivity index is 1.50. The molecule has 6 nitrogen and oxygen atoms in total. The van der Waals surface area contributed by atoms with Crippen LogP contribution in [-0.4, -0.2) is 25.3 Å². The topological polar surface area (TPSA) is 80.5 Å². The molecule has 0 bridgehead atoms. The second-order valence-corrected chi connectivity index (χ2v) is 7.55. The third kappa shape index (κ3) is 2.64. The quantitative estimate of drug-likeness (QED) is 0.582. The summed E-state index contributed by atoms with van der Waals surface area (Å²) in [5.41, 5.74) is 6.15. The number of benzene rings is 1. The first kappa shape index (κ1) is 15.5. The highest BCUT2D eigenvalue weighted by molar-refractivity contribution is 7.09. The summed E-state index contributed by atoms with van der Waals surface area (Å²) in [5, 5.41) is 14.8. The predicted molar refractivity (Wildman–Crippen MR) is 99.8 cm³/mol. The molecule has 3 aromatic heterocycles. The molecule has 0 fully saturated rings. The van der Waals surface area contributed by atoms with E-state index < -0.39 is 0 Å². The van der Waals surface area contributed by atoms with Crippen molar-refractivity contribution in [3.63, 3.8) is 0 Å². The lowest BCUT2D eigenvalue weighted by atomic mass is 9.96. The lowest BCUT2D eigenvalue weighted by Gasteiger charge is -2.09. The Morgan fingerprint density at radius 3 is 2.88 bits per heavy atom. The summed E-state index contributed by atoms with van der Waals surface area (Å²) in [4.78, 5) is 9.14. The molecule has 1 aliphatic carbocycles. The van der Waals surface area contributed by atoms with Gasteiger partial charge in [-0.15, -0.1) is 11.3 Å². The molecule has 0 unspecified atom stereocenters. The van der Waals surface area contributed by atoms with Gasteiger partial charge in [-0.25, -0.2) is 4.98 Å². The molecule has 26 heavy (non-hydrogen) atoms. The number of nitrogens with one attached hydrogen (secondary N) is 1. The van der Waals surface area contributed by atoms with E-state index >= 15 is 0 Å². The Morgan fingerprint density at radius 1 is 1.12 bits per heavy atom. The monoisotopic (exact) mass is 363 g/mol. The van der Waals surface area contributed by atoms with Crippen LogP contribution in [0.15, 0.2) is 34.2 Å². The molecule has 0 spiro atoms. The van der Waals surface area contributed by atoms with Crippen LogP contribution in [0.1, 0.15) is 29.1 Å². The van der Waals surface area contributed by atoms with Crippen molar-refractivity contribution >= 4 is 11.3 Å². The van der Waals surface area contributed by atoms with Crippen LogP contribution >= 0.6 is 11.3 Å². The van der Waals surface area contributed by atoms with Gasteiger partial charge in [-0.1, -0.05) is 23.4 Å². The molecule has 0 radical (unpaired) electrons. The summed E-state index contributed by atoms with van der Waals surface area (Å²) < 4.78 is 5.52. The molecule has 4 aromatic rings. The molecule has 0 saturated heterocycles. The van der Waals surface area contributed by atoms with E-state index in [9.17, 15) is 0 Å². The summed E-state index contributed by atoms with van der Waals surface area (Å²) >= 11 is 1.64. The Kier molecular flexibility index (Phi) is 3.67. The van der Waals surface area contributed by atoms with E-state index in [0.29, 0.717) is 11.7 Å². The molecule has 0 saturated carbocycles. The first-order chi connectivity index (χ1) is 12.8. The van der Waals surface area contributed by atoms with Gasteiger partial charge >= 0.3 is 0 Å². The number of nitrogens with zero attached hydrogens (tertiary/aromatic N) is 4. The van der Waals surface area contributed by atoms with Gasteiger partial charge in [0.1, 0.15) is 0 Å². The predicted octanol–water partition coefficient (Wildman–Crippen LogP) is 4.44. The smallest absolute Gasteiger partial charge is 0.279 e. The Morgan fingerprint density at radius 2 is 2.00 bits per heavy atom. The number of H-pyrrole nitrogens is 1. The second-order valence-electron chi connectivity index (χ2n) is 6.49. The molecule has 1 aromatic carbocycles. The normalized spacial score (nSPS) is 13.7. The zero-order valence-electron chi connectivity index (χ0n) is 14.3. The Hall–Kier alpha value is -2.80. The highest BCUT2D eigenvalue weighted by Gasteiger charge is 2.22. The number of rotatable bonds is 3. The van der Waals surface area contributed by atoms with Gasteiger partial charge in [-0.05, 0) is 38.7 Å². The fraction of sp³-hybridized carbons (Fsp3) is 0.263. The van der Waals surface area contributed by atoms with Crippen molar-refractivity contribution in [2.24, 2.45) is 0 Å². The van der Waals surface area contributed by atoms with E-state index in [1.165, 1.54) is 24.1 Å². The summed E-state index contributed by atoms with van der Waals surface area (Å²) in [7, 11) is 0. The maximum absolute atomic E-state index is 5.52. The van der Waals surface area contributed by atoms with Crippen molar-refractivity contribution in [1.82, 2.24) is 25.3 Å². The van der Waals surface area contributed by atoms with Crippen molar-refractivity contribution in [3.05, 3.63) is 45.9 Å². The maximum atomic E-state index is 5.52. The SMILES string of the molecule is Cc1nc(-c2cccc(-c3noc(-c4n[nH]c5c4CCCC5)n3)c2)cs1. The van der Waals surface area contributed by atoms with E-state index in [0.717, 1.165) is 40.4 Å². The number of thiazole rings is 1. The number of aromatic amines is 1. The van der Waals surface area contributed by atoms with Crippen LogP contribution in [0.2, 0.25) is 0 Å². The van der Waals surface area contributed by atoms with Crippen LogP contribution in [0.3, 0.4) is 0 Å². The first-order valence-electron chi connectivity index (χ1n) is 8.71. The minimum Gasteiger partial charge on any atom is -0.332 e. The van der Waals surface area contributed by atoms with Crippen LogP contribution in [0.4, 0.5) is 0 Å². The molecule has 130 valence electrons. The zero-order chi connectivity index (χ0) is 17.5. The summed E-state index contributed by atoms with van der Waals surface area (Å²) in [6, 6.07) is 8.06. The van der Waals surface area contributed by atoms with Gasteiger partial charge < -0.3 is 4.52 Å². The maximum Gasteiger partial charge on any atom is 0.279 e. The Labute approximate surface area is 154 Å². The number of fused-ring (bicyclic) bond motifs is 1. The third-order valence-corrected chi connectivity index (χ3v) is 5.49. The van der Waals surface area contributed by atoms with Crippen molar-refractivity contribution in [3.8, 4) is 34.2 Å². The number of aromatic nitrogens is 5. The highest BCUT2D eigenvalue weighted by Crippen LogP contribution is 2.31. The molecular formula is C19H17N5OS. The standard InChI is InChI=1S/C19H17N5OS/c1-11-20-16(10-26-11)12-5-4-6-13(9-12)18-21-19(25-24-18)17-14-7-2-3-8-15(14)22-23-17/h4-6,9-10H,2-3,7-8H2,1H3,(H,22,23). The van der Waals surface area contributed by atoms with Crippen molar-refractivity contribution < 1.29 is 4.52 Å². The van der Waals surface area contributed by atoms with Crippen LogP contribution in [-0.2, 0) is 12.8 Å². The minimum absolute atomic E-state index is 0.481. The van der Waals surface area contributed by atoms with Crippen LogP contribution < -0.4 is 0 Å². The van der Waals surface area contributed by atoms with Gasteiger partial charge in [0, 0.05) is 27.8 Å². The number of hydrogen-bond donors (Lipinski definition) is 1. The first-order valence-corrected chi connectivity index (χ1v) is 9.59. The van der Waals surface area contributed by atoms with E-state index in [4.69, 9.17) is 4.52 Å². The average Bonchev–Trinajstić information content (AvgIpc) is 3.40. The van der Waals surface area contributed by atoms with Crippen molar-refractivity contribution in [2.45, 2.75) is 32.6 Å². The fourth-order valence-corrected chi connectivity index (χ4v) is 4.03. The van der Waals surface area contributed by atoms with Gasteiger partial charge in [-0.3, -0.25) is 5.10 Å². The molecular weight excluding hydrogens is 346 g/mol. The van der Waals surface area contributed by atoms with E-state index in [1.54, 1.807) is 11.3 Å². The minimum atomic E-state index is 0.481. The summed E-state index contributed by atoms with van der Waals surface area (Å²) in [6.45, 7) is 2.01. The number of aryl methyl sites for hydroxylation is 2. The molecule has 1 aliphatic rings. The Bertz CT molecular complexity index is 1080. The molecule has 0 atom stereocenters. The fourth-order valence-electron chi connectivity index (χ4n) is 3.41. The summed E-state index contributed by atoms with van der Waals surface area (Å²) in [5.74, 6) is 1.05. The van der Waals surface area contributed by atoms with E-state index in [-0.39, 0.29) is 0 Å². The van der Waals surface area contributed by atoms with Gasteiger partial charge in [0.15, 0.2) is 5.69 Å². The lowest BCUT2D eigenvalue weighted by molar-refractivity contribution is 0.430. The van der Waals surface area contributed by atoms with E-state index in [2.05, 4.69) is 30.7 Å². The average molecular weight is 363 g/mol. The van der Waals surface area contributed by atoms with Crippen molar-refractivity contribution in [2.75, 3.05) is 0 Å². The van der Waals surface area contributed by atoms with Gasteiger partial charge in [0.05, 0.1) is 10.7 Å². The number of hydrogen-bond acceptors (Lipinski definition) is 6.